The molecule has 4 nitrogen and oxygen atoms in total. The van der Waals surface area contributed by atoms with Gasteiger partial charge in [-0.3, -0.25) is 0 Å². The van der Waals surface area contributed by atoms with Gasteiger partial charge in [0.05, 0.1) is 0 Å². The zero-order valence-corrected chi connectivity index (χ0v) is 10.1. The Kier molecular flexibility index (Phi) is 15.1. The Labute approximate surface area is 88.9 Å². The normalized spacial score (nSPS) is 6.00. The molecule has 0 spiro atoms. The smallest absolute Gasteiger partial charge is 0.423 e. The van der Waals surface area contributed by atoms with E-state index >= 15 is 0 Å². The molecule has 0 N–H and O–H groups in total. The average Bonchev–Trinajstić information content (AvgIpc) is 2.75. The molecule has 0 atom stereocenters. The maximum atomic E-state index is 9.09. The van der Waals surface area contributed by atoms with Crippen LogP contribution in [-0.2, 0) is 27.2 Å². The van der Waals surface area contributed by atoms with Gasteiger partial charge in [-0.05, 0) is 0 Å². The van der Waals surface area contributed by atoms with E-state index in [1.807, 2.05) is 30.3 Å². The molecule has 0 aromatic heterocycles. The van der Waals surface area contributed by atoms with Crippen molar-refractivity contribution in [1.29, 1.82) is 0 Å². The standard InChI is InChI=1S/C7H7.2CO.NO.W/c1-2-7-5-3-4-6-7;3*1-2;/h2-6H,1H2;;;;/q-1;;;-1;. The van der Waals surface area contributed by atoms with Crippen LogP contribution >= 0.6 is 0 Å². The van der Waals surface area contributed by atoms with Crippen molar-refractivity contribution in [3.63, 3.8) is 0 Å². The van der Waals surface area contributed by atoms with Gasteiger partial charge < -0.3 is 10.5 Å². The van der Waals surface area contributed by atoms with Crippen molar-refractivity contribution in [3.8, 4) is 0 Å². The van der Waals surface area contributed by atoms with Crippen LogP contribution < -0.4 is 0 Å². The molecule has 14 heavy (non-hydrogen) atoms. The summed E-state index contributed by atoms with van der Waals surface area (Å²) in [5.74, 6) is 0. The van der Waals surface area contributed by atoms with Gasteiger partial charge in [-0.1, -0.05) is 0 Å². The summed E-state index contributed by atoms with van der Waals surface area (Å²) in [4.78, 5) is 25.4. The van der Waals surface area contributed by atoms with E-state index in [1.54, 1.807) is 0 Å². The van der Waals surface area contributed by atoms with Crippen molar-refractivity contribution >= 4 is 14.6 Å². The third kappa shape index (κ3) is 10.5. The molecule has 0 bridgehead atoms. The van der Waals surface area contributed by atoms with Crippen LogP contribution in [0.3, 0.4) is 0 Å². The molecule has 1 aromatic carbocycles. The molecule has 1 rings (SSSR count). The summed E-state index contributed by atoms with van der Waals surface area (Å²) in [7, 11) is 0. The first-order valence-electron chi connectivity index (χ1n) is 3.27. The minimum absolute atomic E-state index is 1.19. The summed E-state index contributed by atoms with van der Waals surface area (Å²) in [6.45, 7) is 3.60. The molecular weight excluding hydrogens is 354 g/mol. The topological polar surface area (TPSA) is 73.5 Å². The van der Waals surface area contributed by atoms with E-state index < -0.39 is 17.6 Å². The second-order valence-corrected chi connectivity index (χ2v) is 3.62. The average molecular weight is 361 g/mol. The fraction of sp³-hybridized carbons (Fsp3) is 0. The Morgan fingerprint density at radius 2 is 1.64 bits per heavy atom. The number of rotatable bonds is 1. The number of nitroso groups, excluding NO2 is 1. The molecule has 0 saturated carbocycles. The molecule has 5 heteroatoms. The zero-order chi connectivity index (χ0) is 11.2. The Hall–Kier alpha value is -1.46. The minimum atomic E-state index is -1.37. The predicted octanol–water partition coefficient (Wildman–Crippen LogP) is 1.57. The SMILES string of the molecule is C=C[c-]1cccc1.O=[C]=[W]=[C]=O.[N-]=O. The second kappa shape index (κ2) is 14.1. The first kappa shape index (κ1) is 15.0. The van der Waals surface area contributed by atoms with Gasteiger partial charge >= 0.3 is 35.8 Å². The van der Waals surface area contributed by atoms with E-state index in [0.717, 1.165) is 0 Å². The Bertz CT molecular complexity index is 330. The van der Waals surface area contributed by atoms with Crippen molar-refractivity contribution in [3.05, 3.63) is 46.9 Å². The van der Waals surface area contributed by atoms with E-state index in [1.165, 1.54) is 14.1 Å². The minimum Gasteiger partial charge on any atom is -0.577 e. The van der Waals surface area contributed by atoms with Crippen LogP contribution in [0.15, 0.2) is 30.8 Å². The Morgan fingerprint density at radius 3 is 1.79 bits per heavy atom. The number of hydrogen-bond acceptors (Lipinski definition) is 3. The van der Waals surface area contributed by atoms with Crippen LogP contribution in [0, 0.1) is 4.91 Å². The third-order valence-electron chi connectivity index (χ3n) is 1.01. The van der Waals surface area contributed by atoms with Crippen LogP contribution in [0.2, 0.25) is 0 Å². The Balaban J connectivity index is 0. The molecule has 0 aliphatic rings. The van der Waals surface area contributed by atoms with Gasteiger partial charge in [0.1, 0.15) is 0 Å². The molecule has 0 amide bonds. The number of hydrogen-bond donors (Lipinski definition) is 0. The predicted molar refractivity (Wildman–Crippen MR) is 50.2 cm³/mol. The van der Waals surface area contributed by atoms with Gasteiger partial charge in [0.25, 0.3) is 0 Å². The van der Waals surface area contributed by atoms with E-state index in [2.05, 4.69) is 6.58 Å². The third-order valence-corrected chi connectivity index (χ3v) is 1.61. The molecule has 0 aliphatic heterocycles. The maximum absolute atomic E-state index is 9.09. The van der Waals surface area contributed by atoms with Crippen molar-refractivity contribution in [2.24, 2.45) is 0 Å². The first-order valence-corrected chi connectivity index (χ1v) is 6.21. The molecule has 0 saturated heterocycles. The second-order valence-electron chi connectivity index (χ2n) is 1.69. The maximum Gasteiger partial charge on any atom is -0.423 e. The monoisotopic (exact) mass is 361 g/mol. The van der Waals surface area contributed by atoms with Crippen molar-refractivity contribution in [2.45, 2.75) is 0 Å². The fourth-order valence-electron chi connectivity index (χ4n) is 0.542. The fourth-order valence-corrected chi connectivity index (χ4v) is 0.664. The van der Waals surface area contributed by atoms with Crippen LogP contribution in [0.4, 0.5) is 0 Å². The first-order chi connectivity index (χ1) is 6.85. The van der Waals surface area contributed by atoms with Crippen molar-refractivity contribution in [2.75, 3.05) is 0 Å². The summed E-state index contributed by atoms with van der Waals surface area (Å²) in [5, 5.41) is 0. The summed E-state index contributed by atoms with van der Waals surface area (Å²) in [6, 6.07) is 8.04. The quantitative estimate of drug-likeness (QED) is 0.713. The largest absolute Gasteiger partial charge is 0.577 e. The van der Waals surface area contributed by atoms with E-state index in [4.69, 9.17) is 20.1 Å². The van der Waals surface area contributed by atoms with Gasteiger partial charge in [-0.15, -0.1) is 23.8 Å². The van der Waals surface area contributed by atoms with Gasteiger partial charge in [0.2, 0.25) is 0 Å². The van der Waals surface area contributed by atoms with E-state index in [9.17, 15) is 0 Å². The van der Waals surface area contributed by atoms with E-state index in [0.29, 0.717) is 0 Å². The molecule has 1 aromatic rings. The van der Waals surface area contributed by atoms with Gasteiger partial charge in [0, 0.05) is 0 Å². The van der Waals surface area contributed by atoms with Crippen LogP contribution in [0.1, 0.15) is 5.56 Å². The molecule has 0 heterocycles. The summed E-state index contributed by atoms with van der Waals surface area (Å²) >= 11 is -1.37. The van der Waals surface area contributed by atoms with Gasteiger partial charge in [-0.2, -0.15) is 18.7 Å². The molecule has 0 unspecified atom stereocenters. The number of nitrogens with zero attached hydrogens (tertiary/aromatic N) is 1. The van der Waals surface area contributed by atoms with Crippen LogP contribution in [-0.4, -0.2) is 8.53 Å². The zero-order valence-electron chi connectivity index (χ0n) is 7.17. The summed E-state index contributed by atoms with van der Waals surface area (Å²) in [6.07, 6.45) is 1.83. The molecule has 0 aliphatic carbocycles. The number of carbonyl (C=O) groups excluding carboxylic acids is 2. The van der Waals surface area contributed by atoms with Gasteiger partial charge in [-0.25, -0.2) is 0 Å². The van der Waals surface area contributed by atoms with Gasteiger partial charge in [0.15, 0.2) is 0 Å². The summed E-state index contributed by atoms with van der Waals surface area (Å²) in [5.41, 5.74) is 6.94. The summed E-state index contributed by atoms with van der Waals surface area (Å²) < 4.78 is 3.02. The molecule has 0 fully saturated rings. The molecular formula is C9H7NO3W-2. The van der Waals surface area contributed by atoms with Crippen LogP contribution in [0.25, 0.3) is 11.7 Å². The van der Waals surface area contributed by atoms with E-state index in [-0.39, 0.29) is 0 Å². The molecule has 74 valence electrons. The molecule has 0 radical (unpaired) electrons. The Morgan fingerprint density at radius 1 is 1.21 bits per heavy atom. The van der Waals surface area contributed by atoms with Crippen molar-refractivity contribution < 1.29 is 27.2 Å². The van der Waals surface area contributed by atoms with Crippen LogP contribution in [0.5, 0.6) is 0 Å². The van der Waals surface area contributed by atoms with Crippen molar-refractivity contribution in [1.82, 2.24) is 0 Å².